The molecule has 1 aliphatic heterocycles. The van der Waals surface area contributed by atoms with E-state index < -0.39 is 54.1 Å². The molecule has 1 fully saturated rings. The van der Waals surface area contributed by atoms with Crippen molar-refractivity contribution in [2.75, 3.05) is 13.1 Å². The summed E-state index contributed by atoms with van der Waals surface area (Å²) in [6, 6.07) is -3.22. The predicted molar refractivity (Wildman–Crippen MR) is 93.9 cm³/mol. The van der Waals surface area contributed by atoms with E-state index in [0.29, 0.717) is 12.8 Å². The van der Waals surface area contributed by atoms with Crippen molar-refractivity contribution in [2.45, 2.75) is 51.2 Å². The van der Waals surface area contributed by atoms with Crippen LogP contribution >= 0.6 is 0 Å². The SMILES string of the molecule is CC(C)C(NC(=O)C(CC(N)=O)NC(=O)CN)C(=O)N1CCCC1C(=O)O. The van der Waals surface area contributed by atoms with Gasteiger partial charge in [-0.05, 0) is 18.8 Å². The molecule has 0 bridgehead atoms. The lowest BCUT2D eigenvalue weighted by molar-refractivity contribution is -0.150. The van der Waals surface area contributed by atoms with Crippen molar-refractivity contribution in [3.63, 3.8) is 0 Å². The molecule has 0 aromatic carbocycles. The first kappa shape index (κ1) is 22.4. The molecule has 0 aromatic heterocycles. The van der Waals surface area contributed by atoms with Gasteiger partial charge < -0.3 is 32.1 Å². The normalized spacial score (nSPS) is 18.7. The first-order valence-electron chi connectivity index (χ1n) is 8.69. The molecule has 11 heteroatoms. The monoisotopic (exact) mass is 385 g/mol. The van der Waals surface area contributed by atoms with Gasteiger partial charge in [0.05, 0.1) is 13.0 Å². The van der Waals surface area contributed by atoms with Crippen LogP contribution in [-0.4, -0.2) is 70.8 Å². The summed E-state index contributed by atoms with van der Waals surface area (Å²) in [4.78, 5) is 60.5. The number of carbonyl (C=O) groups is 5. The summed E-state index contributed by atoms with van der Waals surface area (Å²) in [5, 5.41) is 14.0. The van der Waals surface area contributed by atoms with Crippen molar-refractivity contribution in [1.82, 2.24) is 15.5 Å². The highest BCUT2D eigenvalue weighted by molar-refractivity contribution is 5.95. The second-order valence-corrected chi connectivity index (χ2v) is 6.75. The minimum absolute atomic E-state index is 0.281. The summed E-state index contributed by atoms with van der Waals surface area (Å²) in [5.74, 6) is -4.22. The Bertz CT molecular complexity index is 608. The molecule has 11 nitrogen and oxygen atoms in total. The quantitative estimate of drug-likeness (QED) is 0.291. The van der Waals surface area contributed by atoms with Crippen molar-refractivity contribution in [1.29, 1.82) is 0 Å². The first-order chi connectivity index (χ1) is 12.6. The van der Waals surface area contributed by atoms with Crippen LogP contribution in [-0.2, 0) is 24.0 Å². The molecule has 152 valence electrons. The zero-order chi connectivity index (χ0) is 20.7. The maximum Gasteiger partial charge on any atom is 0.326 e. The van der Waals surface area contributed by atoms with Crippen LogP contribution in [0.2, 0.25) is 0 Å². The molecule has 27 heavy (non-hydrogen) atoms. The Kier molecular flexibility index (Phi) is 8.16. The van der Waals surface area contributed by atoms with Crippen LogP contribution in [0.1, 0.15) is 33.1 Å². The van der Waals surface area contributed by atoms with Crippen LogP contribution in [0, 0.1) is 5.92 Å². The Labute approximate surface area is 156 Å². The van der Waals surface area contributed by atoms with Gasteiger partial charge in [0, 0.05) is 6.54 Å². The number of nitrogens with two attached hydrogens (primary N) is 2. The van der Waals surface area contributed by atoms with Crippen LogP contribution in [0.5, 0.6) is 0 Å². The Balaban J connectivity index is 2.94. The molecule has 3 atom stereocenters. The summed E-state index contributed by atoms with van der Waals surface area (Å²) in [6.45, 7) is 3.28. The summed E-state index contributed by atoms with van der Waals surface area (Å²) >= 11 is 0. The number of likely N-dealkylation sites (tertiary alicyclic amines) is 1. The lowest BCUT2D eigenvalue weighted by Gasteiger charge is -2.30. The maximum atomic E-state index is 12.8. The molecule has 1 saturated heterocycles. The molecular weight excluding hydrogens is 358 g/mol. The molecule has 0 radical (unpaired) electrons. The van der Waals surface area contributed by atoms with Crippen molar-refractivity contribution in [3.05, 3.63) is 0 Å². The van der Waals surface area contributed by atoms with Gasteiger partial charge in [-0.15, -0.1) is 0 Å². The first-order valence-corrected chi connectivity index (χ1v) is 8.69. The van der Waals surface area contributed by atoms with E-state index in [-0.39, 0.29) is 19.0 Å². The van der Waals surface area contributed by atoms with Crippen molar-refractivity contribution < 1.29 is 29.1 Å². The molecular formula is C16H27N5O6. The number of nitrogens with zero attached hydrogens (tertiary/aromatic N) is 1. The van der Waals surface area contributed by atoms with Crippen LogP contribution < -0.4 is 22.1 Å². The number of carbonyl (C=O) groups excluding carboxylic acids is 4. The smallest absolute Gasteiger partial charge is 0.326 e. The van der Waals surface area contributed by atoms with E-state index in [4.69, 9.17) is 11.5 Å². The van der Waals surface area contributed by atoms with Gasteiger partial charge in [-0.1, -0.05) is 13.8 Å². The third-order valence-electron chi connectivity index (χ3n) is 4.29. The van der Waals surface area contributed by atoms with E-state index in [1.807, 2.05) is 0 Å². The fourth-order valence-corrected chi connectivity index (χ4v) is 2.90. The second-order valence-electron chi connectivity index (χ2n) is 6.75. The van der Waals surface area contributed by atoms with E-state index in [9.17, 15) is 29.1 Å². The number of amides is 4. The molecule has 3 unspecified atom stereocenters. The number of hydrogen-bond acceptors (Lipinski definition) is 6. The molecule has 1 aliphatic rings. The van der Waals surface area contributed by atoms with E-state index in [0.717, 1.165) is 0 Å². The van der Waals surface area contributed by atoms with Crippen molar-refractivity contribution >= 4 is 29.6 Å². The Morgan fingerprint density at radius 2 is 1.81 bits per heavy atom. The van der Waals surface area contributed by atoms with E-state index >= 15 is 0 Å². The van der Waals surface area contributed by atoms with Crippen molar-refractivity contribution in [2.24, 2.45) is 17.4 Å². The summed E-state index contributed by atoms with van der Waals surface area (Å²) in [7, 11) is 0. The fraction of sp³-hybridized carbons (Fsp3) is 0.688. The Morgan fingerprint density at radius 3 is 2.30 bits per heavy atom. The number of rotatable bonds is 9. The minimum atomic E-state index is -1.28. The molecule has 1 rings (SSSR count). The summed E-state index contributed by atoms with van der Waals surface area (Å²) in [6.07, 6.45) is 0.438. The highest BCUT2D eigenvalue weighted by Crippen LogP contribution is 2.20. The number of hydrogen-bond donors (Lipinski definition) is 5. The zero-order valence-electron chi connectivity index (χ0n) is 15.4. The molecule has 0 aliphatic carbocycles. The van der Waals surface area contributed by atoms with Crippen LogP contribution in [0.25, 0.3) is 0 Å². The average Bonchev–Trinajstić information content (AvgIpc) is 3.07. The van der Waals surface area contributed by atoms with Gasteiger partial charge in [0.1, 0.15) is 18.1 Å². The molecule has 0 aromatic rings. The highest BCUT2D eigenvalue weighted by Gasteiger charge is 2.39. The fourth-order valence-electron chi connectivity index (χ4n) is 2.90. The maximum absolute atomic E-state index is 12.8. The summed E-state index contributed by atoms with van der Waals surface area (Å²) in [5.41, 5.74) is 10.3. The molecule has 4 amide bonds. The topological polar surface area (TPSA) is 185 Å². The van der Waals surface area contributed by atoms with Crippen LogP contribution in [0.15, 0.2) is 0 Å². The molecule has 0 spiro atoms. The number of carboxylic acids is 1. The minimum Gasteiger partial charge on any atom is -0.480 e. The lowest BCUT2D eigenvalue weighted by atomic mass is 10.0. The van der Waals surface area contributed by atoms with Crippen molar-refractivity contribution in [3.8, 4) is 0 Å². The average molecular weight is 385 g/mol. The molecule has 0 saturated carbocycles. The lowest BCUT2D eigenvalue weighted by Crippen LogP contribution is -2.58. The van der Waals surface area contributed by atoms with Crippen LogP contribution in [0.4, 0.5) is 0 Å². The second kappa shape index (κ2) is 9.86. The Hall–Kier alpha value is -2.69. The third-order valence-corrected chi connectivity index (χ3v) is 4.29. The number of nitrogens with one attached hydrogen (secondary N) is 2. The molecule has 1 heterocycles. The van der Waals surface area contributed by atoms with Gasteiger partial charge >= 0.3 is 5.97 Å². The number of primary amides is 1. The van der Waals surface area contributed by atoms with Gasteiger partial charge in [-0.2, -0.15) is 0 Å². The van der Waals surface area contributed by atoms with Gasteiger partial charge in [-0.25, -0.2) is 4.79 Å². The Morgan fingerprint density at radius 1 is 1.19 bits per heavy atom. The largest absolute Gasteiger partial charge is 0.480 e. The van der Waals surface area contributed by atoms with Gasteiger partial charge in [0.2, 0.25) is 23.6 Å². The standard InChI is InChI=1S/C16H27N5O6/c1-8(2)13(15(25)21-5-3-4-10(21)16(26)27)20-14(24)9(6-11(18)22)19-12(23)7-17/h8-10,13H,3-7,17H2,1-2H3,(H2,18,22)(H,19,23)(H,20,24)(H,26,27). The van der Waals surface area contributed by atoms with Gasteiger partial charge in [-0.3, -0.25) is 19.2 Å². The van der Waals surface area contributed by atoms with Gasteiger partial charge in [0.25, 0.3) is 0 Å². The molecule has 7 N–H and O–H groups in total. The third kappa shape index (κ3) is 6.20. The van der Waals surface area contributed by atoms with E-state index in [2.05, 4.69) is 10.6 Å². The van der Waals surface area contributed by atoms with Gasteiger partial charge in [0.15, 0.2) is 0 Å². The predicted octanol–water partition coefficient (Wildman–Crippen LogP) is -2.48. The van der Waals surface area contributed by atoms with E-state index in [1.54, 1.807) is 13.8 Å². The summed E-state index contributed by atoms with van der Waals surface area (Å²) < 4.78 is 0. The highest BCUT2D eigenvalue weighted by atomic mass is 16.4. The van der Waals surface area contributed by atoms with E-state index in [1.165, 1.54) is 4.90 Å². The zero-order valence-corrected chi connectivity index (χ0v) is 15.4. The number of carboxylic acid groups (broad SMARTS) is 1. The number of aliphatic carboxylic acids is 1. The van der Waals surface area contributed by atoms with Crippen LogP contribution in [0.3, 0.4) is 0 Å².